The van der Waals surface area contributed by atoms with E-state index in [2.05, 4.69) is 25.7 Å². The van der Waals surface area contributed by atoms with Gasteiger partial charge in [0.25, 0.3) is 0 Å². The summed E-state index contributed by atoms with van der Waals surface area (Å²) in [4.78, 5) is 0. The Bertz CT molecular complexity index is 129. The average Bonchev–Trinajstić information content (AvgIpc) is 2.03. The van der Waals surface area contributed by atoms with Gasteiger partial charge in [0.1, 0.15) is 0 Å². The van der Waals surface area contributed by atoms with E-state index in [-0.39, 0.29) is 0 Å². The standard InChI is InChI=1S/C11H17/c1-3-5-7-9-11-10-8-6-4-2/h3-5,9,11H,1-2,6-8,10H2. The summed E-state index contributed by atoms with van der Waals surface area (Å²) in [7, 11) is 0. The summed E-state index contributed by atoms with van der Waals surface area (Å²) in [5.74, 6) is 0. The first-order valence-electron chi connectivity index (χ1n) is 4.12. The second-order valence-electron chi connectivity index (χ2n) is 2.40. The average molecular weight is 149 g/mol. The smallest absolute Gasteiger partial charge is 0.0169 e. The first-order valence-corrected chi connectivity index (χ1v) is 4.12. The number of hydrogen-bond donors (Lipinski definition) is 0. The first kappa shape index (κ1) is 10.2. The molecule has 0 aromatic rings. The second-order valence-corrected chi connectivity index (χ2v) is 2.40. The van der Waals surface area contributed by atoms with Crippen LogP contribution in [0.3, 0.4) is 0 Å². The fourth-order valence-corrected chi connectivity index (χ4v) is 0.769. The van der Waals surface area contributed by atoms with E-state index in [1.807, 2.05) is 18.2 Å². The highest BCUT2D eigenvalue weighted by Gasteiger charge is 1.77. The van der Waals surface area contributed by atoms with Crippen LogP contribution in [0.5, 0.6) is 0 Å². The molecule has 61 valence electrons. The summed E-state index contributed by atoms with van der Waals surface area (Å²) in [6.07, 6.45) is 14.7. The molecule has 0 aliphatic carbocycles. The minimum absolute atomic E-state index is 1.01. The van der Waals surface area contributed by atoms with Crippen LogP contribution in [-0.2, 0) is 0 Å². The van der Waals surface area contributed by atoms with Crippen molar-refractivity contribution in [2.75, 3.05) is 0 Å². The minimum atomic E-state index is 1.01. The Balaban J connectivity index is 3.09. The Morgan fingerprint density at radius 1 is 1.00 bits per heavy atom. The number of unbranched alkanes of at least 4 members (excludes halogenated alkanes) is 2. The van der Waals surface area contributed by atoms with Crippen molar-refractivity contribution in [2.45, 2.75) is 25.7 Å². The van der Waals surface area contributed by atoms with Gasteiger partial charge in [0.05, 0.1) is 0 Å². The molecule has 0 spiro atoms. The normalized spacial score (nSPS) is 11.4. The Kier molecular flexibility index (Phi) is 8.57. The molecule has 0 aromatic carbocycles. The molecule has 0 aromatic heterocycles. The quantitative estimate of drug-likeness (QED) is 0.399. The summed E-state index contributed by atoms with van der Waals surface area (Å²) in [6.45, 7) is 7.27. The molecule has 0 saturated carbocycles. The Hall–Kier alpha value is -0.780. The predicted octanol–water partition coefficient (Wildman–Crippen LogP) is 3.68. The third kappa shape index (κ3) is 9.22. The molecule has 0 N–H and O–H groups in total. The molecule has 0 heterocycles. The number of rotatable bonds is 6. The number of hydrogen-bond acceptors (Lipinski definition) is 0. The lowest BCUT2D eigenvalue weighted by Gasteiger charge is -1.87. The first-order chi connectivity index (χ1) is 5.41. The van der Waals surface area contributed by atoms with Crippen LogP contribution in [-0.4, -0.2) is 0 Å². The second kappa shape index (κ2) is 9.22. The van der Waals surface area contributed by atoms with Gasteiger partial charge in [0.15, 0.2) is 0 Å². The van der Waals surface area contributed by atoms with Crippen molar-refractivity contribution in [3.8, 4) is 0 Å². The van der Waals surface area contributed by atoms with E-state index in [0.717, 1.165) is 19.3 Å². The molecule has 0 rings (SSSR count). The summed E-state index contributed by atoms with van der Waals surface area (Å²) in [5.41, 5.74) is 0. The fourth-order valence-electron chi connectivity index (χ4n) is 0.769. The van der Waals surface area contributed by atoms with Crippen LogP contribution in [0.15, 0.2) is 37.0 Å². The van der Waals surface area contributed by atoms with Crippen LogP contribution >= 0.6 is 0 Å². The van der Waals surface area contributed by atoms with Gasteiger partial charge in [-0.3, -0.25) is 0 Å². The molecule has 0 aliphatic rings. The van der Waals surface area contributed by atoms with Crippen LogP contribution in [0, 0.1) is 6.92 Å². The zero-order valence-corrected chi connectivity index (χ0v) is 7.13. The van der Waals surface area contributed by atoms with E-state index < -0.39 is 0 Å². The third-order valence-corrected chi connectivity index (χ3v) is 1.38. The van der Waals surface area contributed by atoms with Crippen LogP contribution in [0.25, 0.3) is 0 Å². The zero-order chi connectivity index (χ0) is 8.36. The van der Waals surface area contributed by atoms with Crippen LogP contribution < -0.4 is 0 Å². The lowest BCUT2D eigenvalue weighted by Crippen LogP contribution is -1.67. The van der Waals surface area contributed by atoms with E-state index in [4.69, 9.17) is 0 Å². The van der Waals surface area contributed by atoms with Gasteiger partial charge < -0.3 is 0 Å². The van der Waals surface area contributed by atoms with Crippen molar-refractivity contribution in [1.29, 1.82) is 0 Å². The van der Waals surface area contributed by atoms with Crippen molar-refractivity contribution in [3.63, 3.8) is 0 Å². The van der Waals surface area contributed by atoms with E-state index in [0.29, 0.717) is 0 Å². The number of allylic oxidation sites excluding steroid dienone is 5. The molecule has 11 heavy (non-hydrogen) atoms. The van der Waals surface area contributed by atoms with E-state index in [9.17, 15) is 0 Å². The molecule has 0 heteroatoms. The molecule has 0 amide bonds. The maximum Gasteiger partial charge on any atom is -0.0169 e. The van der Waals surface area contributed by atoms with Gasteiger partial charge in [-0.25, -0.2) is 0 Å². The van der Waals surface area contributed by atoms with E-state index in [1.54, 1.807) is 0 Å². The Morgan fingerprint density at radius 2 is 1.82 bits per heavy atom. The fraction of sp³-hybridized carbons (Fsp3) is 0.364. The van der Waals surface area contributed by atoms with Gasteiger partial charge >= 0.3 is 0 Å². The predicted molar refractivity (Wildman–Crippen MR) is 52.3 cm³/mol. The highest BCUT2D eigenvalue weighted by Crippen LogP contribution is 1.97. The summed E-state index contributed by atoms with van der Waals surface area (Å²) in [5, 5.41) is 0. The van der Waals surface area contributed by atoms with Gasteiger partial charge in [-0.1, -0.05) is 30.4 Å². The van der Waals surface area contributed by atoms with Crippen LogP contribution in [0.1, 0.15) is 25.7 Å². The molecule has 0 aliphatic heterocycles. The van der Waals surface area contributed by atoms with Crippen LogP contribution in [0.4, 0.5) is 0 Å². The Labute approximate surface area is 70.3 Å². The topological polar surface area (TPSA) is 0 Å². The summed E-state index contributed by atoms with van der Waals surface area (Å²) in [6, 6.07) is 0. The molecule has 0 atom stereocenters. The summed E-state index contributed by atoms with van der Waals surface area (Å²) >= 11 is 0. The van der Waals surface area contributed by atoms with Gasteiger partial charge in [0, 0.05) is 0 Å². The van der Waals surface area contributed by atoms with Crippen LogP contribution in [0.2, 0.25) is 0 Å². The molecule has 0 saturated heterocycles. The lowest BCUT2D eigenvalue weighted by atomic mass is 10.2. The highest BCUT2D eigenvalue weighted by molar-refractivity contribution is 4.93. The van der Waals surface area contributed by atoms with Gasteiger partial charge in [-0.2, -0.15) is 0 Å². The van der Waals surface area contributed by atoms with E-state index >= 15 is 0 Å². The van der Waals surface area contributed by atoms with Crippen molar-refractivity contribution in [1.82, 2.24) is 0 Å². The van der Waals surface area contributed by atoms with Crippen molar-refractivity contribution >= 4 is 0 Å². The zero-order valence-electron chi connectivity index (χ0n) is 7.13. The molecule has 0 unspecified atom stereocenters. The third-order valence-electron chi connectivity index (χ3n) is 1.38. The van der Waals surface area contributed by atoms with Gasteiger partial charge in [0.2, 0.25) is 0 Å². The summed E-state index contributed by atoms with van der Waals surface area (Å²) < 4.78 is 0. The SMILES string of the molecule is [CH2]C=CCC=CCCCC=C. The Morgan fingerprint density at radius 3 is 2.45 bits per heavy atom. The molecular weight excluding hydrogens is 132 g/mol. The van der Waals surface area contributed by atoms with Gasteiger partial charge in [-0.15, -0.1) is 6.58 Å². The van der Waals surface area contributed by atoms with Gasteiger partial charge in [-0.05, 0) is 32.6 Å². The molecule has 1 radical (unpaired) electrons. The maximum absolute atomic E-state index is 3.66. The minimum Gasteiger partial charge on any atom is -0.103 e. The van der Waals surface area contributed by atoms with Crippen molar-refractivity contribution in [2.24, 2.45) is 0 Å². The largest absolute Gasteiger partial charge is 0.103 e. The lowest BCUT2D eigenvalue weighted by molar-refractivity contribution is 0.867. The monoisotopic (exact) mass is 149 g/mol. The van der Waals surface area contributed by atoms with Crippen molar-refractivity contribution < 1.29 is 0 Å². The highest BCUT2D eigenvalue weighted by atomic mass is 13.8. The molecular formula is C11H17. The van der Waals surface area contributed by atoms with Crippen molar-refractivity contribution in [3.05, 3.63) is 43.9 Å². The maximum atomic E-state index is 3.66. The molecule has 0 bridgehead atoms. The van der Waals surface area contributed by atoms with E-state index in [1.165, 1.54) is 6.42 Å². The molecule has 0 fully saturated rings. The molecule has 0 nitrogen and oxygen atoms in total.